The van der Waals surface area contributed by atoms with Crippen molar-refractivity contribution in [1.29, 1.82) is 0 Å². The Hall–Kier alpha value is -1.01. The first kappa shape index (κ1) is 11.5. The van der Waals surface area contributed by atoms with E-state index in [1.54, 1.807) is 4.90 Å². The molecule has 0 aliphatic carbocycles. The predicted molar refractivity (Wildman–Crippen MR) is 60.3 cm³/mol. The number of likely N-dealkylation sites (tertiary alicyclic amines) is 1. The summed E-state index contributed by atoms with van der Waals surface area (Å²) in [6, 6.07) is -0.0586. The maximum atomic E-state index is 12.1. The molecule has 0 radical (unpaired) electrons. The average molecular weight is 241 g/mol. The summed E-state index contributed by atoms with van der Waals surface area (Å²) in [6.45, 7) is 0.741. The highest BCUT2D eigenvalue weighted by Gasteiger charge is 2.26. The number of hydrogen-bond acceptors (Lipinski definition) is 5. The highest BCUT2D eigenvalue weighted by Crippen LogP contribution is 2.18. The molecule has 0 bridgehead atoms. The summed E-state index contributed by atoms with van der Waals surface area (Å²) in [5.74, 6) is -0.102. The fourth-order valence-corrected chi connectivity index (χ4v) is 2.45. The second-order valence-electron chi connectivity index (χ2n) is 3.98. The number of aliphatic hydroxyl groups is 1. The fraction of sp³-hybridized carbons (Fsp3) is 0.700. The lowest BCUT2D eigenvalue weighted by molar-refractivity contribution is 0.0595. The zero-order chi connectivity index (χ0) is 11.4. The number of carbonyl (C=O) groups excluding carboxylic acids is 1. The Morgan fingerprint density at radius 2 is 2.44 bits per heavy atom. The van der Waals surface area contributed by atoms with Crippen LogP contribution < -0.4 is 0 Å². The largest absolute Gasteiger partial charge is 0.394 e. The average Bonchev–Trinajstić information content (AvgIpc) is 2.73. The van der Waals surface area contributed by atoms with E-state index in [1.165, 1.54) is 6.20 Å². The van der Waals surface area contributed by atoms with Gasteiger partial charge in [0, 0.05) is 6.54 Å². The van der Waals surface area contributed by atoms with Crippen LogP contribution >= 0.6 is 11.7 Å². The van der Waals surface area contributed by atoms with Gasteiger partial charge in [0.2, 0.25) is 0 Å². The minimum Gasteiger partial charge on any atom is -0.394 e. The summed E-state index contributed by atoms with van der Waals surface area (Å²) in [4.78, 5) is 13.8. The zero-order valence-electron chi connectivity index (χ0n) is 9.00. The molecule has 1 amide bonds. The Kier molecular flexibility index (Phi) is 3.84. The second kappa shape index (κ2) is 5.36. The third kappa shape index (κ3) is 2.38. The van der Waals surface area contributed by atoms with Gasteiger partial charge in [-0.05, 0) is 12.8 Å². The molecule has 6 heteroatoms. The van der Waals surface area contributed by atoms with Crippen molar-refractivity contribution in [2.75, 3.05) is 13.2 Å². The Labute approximate surface area is 98.4 Å². The summed E-state index contributed by atoms with van der Waals surface area (Å²) in [5, 5.41) is 9.31. The smallest absolute Gasteiger partial charge is 0.275 e. The van der Waals surface area contributed by atoms with Crippen molar-refractivity contribution in [3.05, 3.63) is 11.9 Å². The van der Waals surface area contributed by atoms with Crippen molar-refractivity contribution in [2.24, 2.45) is 0 Å². The third-order valence-electron chi connectivity index (χ3n) is 2.93. The number of carbonyl (C=O) groups is 1. The van der Waals surface area contributed by atoms with Gasteiger partial charge < -0.3 is 10.0 Å². The Bertz CT molecular complexity index is 342. The maximum absolute atomic E-state index is 12.1. The van der Waals surface area contributed by atoms with E-state index in [0.717, 1.165) is 37.4 Å². The zero-order valence-corrected chi connectivity index (χ0v) is 9.82. The number of rotatable bonds is 2. The summed E-state index contributed by atoms with van der Waals surface area (Å²) in [6.07, 6.45) is 5.56. The molecule has 1 aliphatic heterocycles. The molecule has 0 spiro atoms. The first-order valence-corrected chi connectivity index (χ1v) is 6.25. The molecule has 0 saturated carbocycles. The van der Waals surface area contributed by atoms with Crippen LogP contribution in [0.5, 0.6) is 0 Å². The predicted octanol–water partition coefficient (Wildman–Crippen LogP) is 0.915. The van der Waals surface area contributed by atoms with Crippen LogP contribution in [0, 0.1) is 0 Å². The van der Waals surface area contributed by atoms with Crippen molar-refractivity contribution < 1.29 is 9.90 Å². The van der Waals surface area contributed by atoms with Gasteiger partial charge in [-0.25, -0.2) is 0 Å². The van der Waals surface area contributed by atoms with E-state index >= 15 is 0 Å². The van der Waals surface area contributed by atoms with Crippen LogP contribution in [0.1, 0.15) is 36.2 Å². The van der Waals surface area contributed by atoms with Crippen molar-refractivity contribution in [3.8, 4) is 0 Å². The van der Waals surface area contributed by atoms with Crippen LogP contribution in [0.2, 0.25) is 0 Å². The lowest BCUT2D eigenvalue weighted by atomic mass is 10.1. The molecule has 1 unspecified atom stereocenters. The van der Waals surface area contributed by atoms with E-state index in [9.17, 15) is 9.90 Å². The highest BCUT2D eigenvalue weighted by atomic mass is 32.1. The number of amides is 1. The van der Waals surface area contributed by atoms with Crippen LogP contribution in [0.3, 0.4) is 0 Å². The SMILES string of the molecule is O=C(c1cnsn1)N1CCCCCC1CO. The van der Waals surface area contributed by atoms with E-state index < -0.39 is 0 Å². The monoisotopic (exact) mass is 241 g/mol. The quantitative estimate of drug-likeness (QED) is 0.836. The van der Waals surface area contributed by atoms with Gasteiger partial charge in [0.05, 0.1) is 30.6 Å². The molecule has 1 saturated heterocycles. The van der Waals surface area contributed by atoms with E-state index in [2.05, 4.69) is 8.75 Å². The molecule has 5 nitrogen and oxygen atoms in total. The highest BCUT2D eigenvalue weighted by molar-refractivity contribution is 6.99. The Balaban J connectivity index is 2.13. The third-order valence-corrected chi connectivity index (χ3v) is 3.41. The summed E-state index contributed by atoms with van der Waals surface area (Å²) in [5.41, 5.74) is 0.394. The van der Waals surface area contributed by atoms with Gasteiger partial charge >= 0.3 is 0 Å². The van der Waals surface area contributed by atoms with E-state index in [4.69, 9.17) is 0 Å². The van der Waals surface area contributed by atoms with Crippen LogP contribution in [0.15, 0.2) is 6.20 Å². The number of nitrogens with zero attached hydrogens (tertiary/aromatic N) is 3. The Morgan fingerprint density at radius 1 is 1.56 bits per heavy atom. The van der Waals surface area contributed by atoms with Gasteiger partial charge in [0.25, 0.3) is 5.91 Å². The van der Waals surface area contributed by atoms with Crippen molar-refractivity contribution >= 4 is 17.6 Å². The molecular weight excluding hydrogens is 226 g/mol. The summed E-state index contributed by atoms with van der Waals surface area (Å²) in [7, 11) is 0. The number of aliphatic hydroxyl groups excluding tert-OH is 1. The van der Waals surface area contributed by atoms with Gasteiger partial charge in [0.1, 0.15) is 0 Å². The topological polar surface area (TPSA) is 66.3 Å². The number of hydrogen-bond donors (Lipinski definition) is 1. The molecule has 88 valence electrons. The molecule has 16 heavy (non-hydrogen) atoms. The minimum absolute atomic E-state index is 0.0311. The van der Waals surface area contributed by atoms with Gasteiger partial charge in [-0.2, -0.15) is 8.75 Å². The van der Waals surface area contributed by atoms with Gasteiger partial charge in [-0.15, -0.1) is 0 Å². The van der Waals surface area contributed by atoms with E-state index in [-0.39, 0.29) is 18.6 Å². The summed E-state index contributed by atoms with van der Waals surface area (Å²) < 4.78 is 7.78. The lowest BCUT2D eigenvalue weighted by Gasteiger charge is -2.27. The first-order valence-electron chi connectivity index (χ1n) is 5.52. The van der Waals surface area contributed by atoms with Crippen LogP contribution in [0.4, 0.5) is 0 Å². The first-order chi connectivity index (χ1) is 7.83. The van der Waals surface area contributed by atoms with E-state index in [1.807, 2.05) is 0 Å². The van der Waals surface area contributed by atoms with Crippen LogP contribution in [0.25, 0.3) is 0 Å². The summed E-state index contributed by atoms with van der Waals surface area (Å²) >= 11 is 1.04. The normalized spacial score (nSPS) is 21.8. The van der Waals surface area contributed by atoms with Gasteiger partial charge in [0.15, 0.2) is 5.69 Å². The van der Waals surface area contributed by atoms with Crippen LogP contribution in [-0.4, -0.2) is 43.9 Å². The lowest BCUT2D eigenvalue weighted by Crippen LogP contribution is -2.42. The molecule has 1 aromatic heterocycles. The molecule has 2 heterocycles. The Morgan fingerprint density at radius 3 is 3.12 bits per heavy atom. The van der Waals surface area contributed by atoms with Gasteiger partial charge in [-0.3, -0.25) is 4.79 Å². The molecule has 0 aromatic carbocycles. The standard InChI is InChI=1S/C10H15N3O2S/c14-7-8-4-2-1-3-5-13(8)10(15)9-6-11-16-12-9/h6,8,14H,1-5,7H2. The van der Waals surface area contributed by atoms with Crippen molar-refractivity contribution in [2.45, 2.75) is 31.7 Å². The molecule has 1 aliphatic rings. The fourth-order valence-electron chi connectivity index (χ4n) is 2.04. The van der Waals surface area contributed by atoms with E-state index in [0.29, 0.717) is 12.2 Å². The molecule has 1 fully saturated rings. The van der Waals surface area contributed by atoms with Crippen LogP contribution in [-0.2, 0) is 0 Å². The van der Waals surface area contributed by atoms with Crippen molar-refractivity contribution in [1.82, 2.24) is 13.6 Å². The van der Waals surface area contributed by atoms with Crippen molar-refractivity contribution in [3.63, 3.8) is 0 Å². The molecule has 1 atom stereocenters. The maximum Gasteiger partial charge on any atom is 0.275 e. The minimum atomic E-state index is -0.102. The molecular formula is C10H15N3O2S. The number of aromatic nitrogens is 2. The molecule has 2 rings (SSSR count). The molecule has 1 aromatic rings. The second-order valence-corrected chi connectivity index (χ2v) is 4.53. The molecule has 1 N–H and O–H groups in total. The van der Waals surface area contributed by atoms with Gasteiger partial charge in [-0.1, -0.05) is 12.8 Å².